The second-order valence-electron chi connectivity index (χ2n) is 5.88. The van der Waals surface area contributed by atoms with Gasteiger partial charge in [0.2, 0.25) is 0 Å². The number of ether oxygens (including phenoxy) is 1. The summed E-state index contributed by atoms with van der Waals surface area (Å²) < 4.78 is 5.59. The van der Waals surface area contributed by atoms with E-state index in [2.05, 4.69) is 42.6 Å². The third kappa shape index (κ3) is 5.26. The Morgan fingerprint density at radius 1 is 1.05 bits per heavy atom. The molecule has 20 heavy (non-hydrogen) atoms. The van der Waals surface area contributed by atoms with Crippen LogP contribution in [0.2, 0.25) is 0 Å². The fourth-order valence-corrected chi connectivity index (χ4v) is 3.04. The van der Waals surface area contributed by atoms with E-state index in [1.165, 1.54) is 44.1 Å². The fourth-order valence-electron chi connectivity index (χ4n) is 3.04. The van der Waals surface area contributed by atoms with Crippen LogP contribution in [-0.4, -0.2) is 25.8 Å². The van der Waals surface area contributed by atoms with Crippen molar-refractivity contribution in [2.24, 2.45) is 0 Å². The van der Waals surface area contributed by atoms with Gasteiger partial charge in [0.25, 0.3) is 0 Å². The van der Waals surface area contributed by atoms with Crippen LogP contribution in [0.1, 0.15) is 56.9 Å². The third-order valence-corrected chi connectivity index (χ3v) is 4.32. The number of rotatable bonds is 8. The Balaban J connectivity index is 1.58. The number of hydrogen-bond acceptors (Lipinski definition) is 2. The highest BCUT2D eigenvalue weighted by Crippen LogP contribution is 2.32. The first-order valence-corrected chi connectivity index (χ1v) is 8.26. The molecule has 1 aromatic carbocycles. The Morgan fingerprint density at radius 2 is 1.80 bits per heavy atom. The number of unbranched alkanes of at least 4 members (excludes halogenated alkanes) is 1. The summed E-state index contributed by atoms with van der Waals surface area (Å²) in [6, 6.07) is 11.7. The molecule has 0 unspecified atom stereocenters. The standard InChI is InChI=1S/C18H29NO/c1-2-3-14-20-15-13-19-18-11-9-17(10-12-18)16-7-5-4-6-8-16/h4-8,17-19H,2-3,9-15H2,1H3. The van der Waals surface area contributed by atoms with Gasteiger partial charge in [0.1, 0.15) is 0 Å². The van der Waals surface area contributed by atoms with E-state index in [-0.39, 0.29) is 0 Å². The van der Waals surface area contributed by atoms with Crippen LogP contribution in [0.3, 0.4) is 0 Å². The molecule has 0 radical (unpaired) electrons. The Hall–Kier alpha value is -0.860. The summed E-state index contributed by atoms with van der Waals surface area (Å²) in [7, 11) is 0. The van der Waals surface area contributed by atoms with Crippen LogP contribution in [-0.2, 0) is 4.74 Å². The minimum absolute atomic E-state index is 0.699. The smallest absolute Gasteiger partial charge is 0.0590 e. The molecule has 0 aromatic heterocycles. The number of nitrogens with one attached hydrogen (secondary N) is 1. The average Bonchev–Trinajstić information content (AvgIpc) is 2.52. The van der Waals surface area contributed by atoms with Gasteiger partial charge >= 0.3 is 0 Å². The molecule has 0 bridgehead atoms. The van der Waals surface area contributed by atoms with Crippen molar-refractivity contribution < 1.29 is 4.74 Å². The van der Waals surface area contributed by atoms with Gasteiger partial charge < -0.3 is 10.1 Å². The van der Waals surface area contributed by atoms with E-state index < -0.39 is 0 Å². The summed E-state index contributed by atoms with van der Waals surface area (Å²) in [6.45, 7) is 4.98. The van der Waals surface area contributed by atoms with Gasteiger partial charge in [-0.15, -0.1) is 0 Å². The van der Waals surface area contributed by atoms with Crippen molar-refractivity contribution in [2.45, 2.75) is 57.4 Å². The number of hydrogen-bond donors (Lipinski definition) is 1. The molecule has 1 aliphatic carbocycles. The maximum atomic E-state index is 5.59. The van der Waals surface area contributed by atoms with Crippen LogP contribution in [0.5, 0.6) is 0 Å². The Kier molecular flexibility index (Phi) is 7.10. The minimum Gasteiger partial charge on any atom is -0.380 e. The van der Waals surface area contributed by atoms with E-state index in [0.29, 0.717) is 6.04 Å². The molecule has 1 N–H and O–H groups in total. The zero-order valence-corrected chi connectivity index (χ0v) is 12.8. The van der Waals surface area contributed by atoms with Gasteiger partial charge in [-0.3, -0.25) is 0 Å². The summed E-state index contributed by atoms with van der Waals surface area (Å²) in [5.74, 6) is 0.773. The first-order chi connectivity index (χ1) is 9.90. The molecular weight excluding hydrogens is 246 g/mol. The number of benzene rings is 1. The van der Waals surface area contributed by atoms with Gasteiger partial charge in [-0.25, -0.2) is 0 Å². The molecule has 1 aliphatic rings. The summed E-state index contributed by atoms with van der Waals surface area (Å²) in [6.07, 6.45) is 7.64. The van der Waals surface area contributed by atoms with E-state index in [0.717, 1.165) is 25.7 Å². The summed E-state index contributed by atoms with van der Waals surface area (Å²) in [5.41, 5.74) is 1.52. The van der Waals surface area contributed by atoms with Gasteiger partial charge in [0.05, 0.1) is 6.61 Å². The highest BCUT2D eigenvalue weighted by atomic mass is 16.5. The van der Waals surface area contributed by atoms with E-state index in [1.54, 1.807) is 0 Å². The highest BCUT2D eigenvalue weighted by Gasteiger charge is 2.21. The quantitative estimate of drug-likeness (QED) is 0.721. The fraction of sp³-hybridized carbons (Fsp3) is 0.667. The summed E-state index contributed by atoms with van der Waals surface area (Å²) in [5, 5.41) is 3.65. The SMILES string of the molecule is CCCCOCCNC1CCC(c2ccccc2)CC1. The average molecular weight is 275 g/mol. The first kappa shape index (κ1) is 15.5. The lowest BCUT2D eigenvalue weighted by atomic mass is 9.82. The molecule has 112 valence electrons. The van der Waals surface area contributed by atoms with Crippen molar-refractivity contribution in [1.29, 1.82) is 0 Å². The van der Waals surface area contributed by atoms with E-state index in [1.807, 2.05) is 0 Å². The van der Waals surface area contributed by atoms with Crippen molar-refractivity contribution in [1.82, 2.24) is 5.32 Å². The van der Waals surface area contributed by atoms with Crippen LogP contribution < -0.4 is 5.32 Å². The molecule has 1 fully saturated rings. The van der Waals surface area contributed by atoms with Crippen LogP contribution in [0.25, 0.3) is 0 Å². The topological polar surface area (TPSA) is 21.3 Å². The van der Waals surface area contributed by atoms with Crippen molar-refractivity contribution in [3.63, 3.8) is 0 Å². The molecule has 0 atom stereocenters. The normalized spacial score (nSPS) is 22.9. The zero-order valence-electron chi connectivity index (χ0n) is 12.8. The lowest BCUT2D eigenvalue weighted by Gasteiger charge is -2.29. The van der Waals surface area contributed by atoms with Crippen molar-refractivity contribution in [2.75, 3.05) is 19.8 Å². The Bertz CT molecular complexity index is 344. The van der Waals surface area contributed by atoms with Crippen LogP contribution in [0.15, 0.2) is 30.3 Å². The summed E-state index contributed by atoms with van der Waals surface area (Å²) in [4.78, 5) is 0. The lowest BCUT2D eigenvalue weighted by molar-refractivity contribution is 0.129. The molecular formula is C18H29NO. The van der Waals surface area contributed by atoms with Crippen LogP contribution >= 0.6 is 0 Å². The second kappa shape index (κ2) is 9.15. The molecule has 2 nitrogen and oxygen atoms in total. The molecule has 0 heterocycles. The van der Waals surface area contributed by atoms with Crippen molar-refractivity contribution in [3.8, 4) is 0 Å². The van der Waals surface area contributed by atoms with Gasteiger partial charge in [-0.05, 0) is 43.6 Å². The molecule has 1 aromatic rings. The predicted molar refractivity (Wildman–Crippen MR) is 85.2 cm³/mol. The van der Waals surface area contributed by atoms with Gasteiger partial charge in [0.15, 0.2) is 0 Å². The van der Waals surface area contributed by atoms with Gasteiger partial charge in [-0.1, -0.05) is 43.7 Å². The second-order valence-corrected chi connectivity index (χ2v) is 5.88. The van der Waals surface area contributed by atoms with E-state index >= 15 is 0 Å². The molecule has 1 saturated carbocycles. The van der Waals surface area contributed by atoms with Gasteiger partial charge in [-0.2, -0.15) is 0 Å². The van der Waals surface area contributed by atoms with Gasteiger partial charge in [0, 0.05) is 19.2 Å². The highest BCUT2D eigenvalue weighted by molar-refractivity contribution is 5.20. The minimum atomic E-state index is 0.699. The Morgan fingerprint density at radius 3 is 2.50 bits per heavy atom. The zero-order chi connectivity index (χ0) is 14.0. The van der Waals surface area contributed by atoms with Crippen molar-refractivity contribution in [3.05, 3.63) is 35.9 Å². The van der Waals surface area contributed by atoms with E-state index in [4.69, 9.17) is 4.74 Å². The molecule has 0 amide bonds. The van der Waals surface area contributed by atoms with Crippen LogP contribution in [0, 0.1) is 0 Å². The third-order valence-electron chi connectivity index (χ3n) is 4.32. The lowest BCUT2D eigenvalue weighted by Crippen LogP contribution is -2.35. The molecule has 0 spiro atoms. The monoisotopic (exact) mass is 275 g/mol. The molecule has 2 heteroatoms. The molecule has 0 aliphatic heterocycles. The van der Waals surface area contributed by atoms with Crippen molar-refractivity contribution >= 4 is 0 Å². The first-order valence-electron chi connectivity index (χ1n) is 8.26. The largest absolute Gasteiger partial charge is 0.380 e. The molecule has 2 rings (SSSR count). The maximum Gasteiger partial charge on any atom is 0.0590 e. The summed E-state index contributed by atoms with van der Waals surface area (Å²) >= 11 is 0. The predicted octanol–water partition coefficient (Wildman–Crippen LogP) is 4.12. The van der Waals surface area contributed by atoms with E-state index in [9.17, 15) is 0 Å². The molecule has 0 saturated heterocycles. The Labute approximate surface area is 123 Å². The van der Waals surface area contributed by atoms with Crippen LogP contribution in [0.4, 0.5) is 0 Å². The maximum absolute atomic E-state index is 5.59.